The fourth-order valence-electron chi connectivity index (χ4n) is 3.20. The van der Waals surface area contributed by atoms with Gasteiger partial charge in [0.1, 0.15) is 5.75 Å². The number of piperidine rings is 1. The van der Waals surface area contributed by atoms with Crippen LogP contribution in [-0.2, 0) is 17.8 Å². The molecular weight excluding hydrogens is 360 g/mol. The van der Waals surface area contributed by atoms with Crippen LogP contribution in [-0.4, -0.2) is 39.7 Å². The Kier molecular flexibility index (Phi) is 6.58. The van der Waals surface area contributed by atoms with Crippen LogP contribution >= 0.6 is 11.3 Å². The maximum Gasteiger partial charge on any atom is 0.246 e. The molecule has 2 heterocycles. The molecule has 0 atom stereocenters. The van der Waals surface area contributed by atoms with Crippen molar-refractivity contribution in [1.82, 2.24) is 15.3 Å². The average Bonchev–Trinajstić information content (AvgIpc) is 3.07. The summed E-state index contributed by atoms with van der Waals surface area (Å²) in [6, 6.07) is 5.48. The fourth-order valence-corrected chi connectivity index (χ4v) is 3.81. The van der Waals surface area contributed by atoms with Gasteiger partial charge in [0, 0.05) is 17.5 Å². The van der Waals surface area contributed by atoms with Gasteiger partial charge in [-0.15, -0.1) is 11.3 Å². The quantitative estimate of drug-likeness (QED) is 0.590. The number of carbonyl (C=O) groups is 1. The smallest absolute Gasteiger partial charge is 0.246 e. The summed E-state index contributed by atoms with van der Waals surface area (Å²) in [4.78, 5) is 18.7. The lowest BCUT2D eigenvalue weighted by Crippen LogP contribution is -2.29. The molecule has 2 aromatic rings. The Bertz CT molecular complexity index is 825. The molecule has 0 aliphatic carbocycles. The van der Waals surface area contributed by atoms with Gasteiger partial charge in [-0.2, -0.15) is 5.10 Å². The monoisotopic (exact) mass is 386 g/mol. The summed E-state index contributed by atoms with van der Waals surface area (Å²) in [5.41, 5.74) is 5.85. The highest BCUT2D eigenvalue weighted by Crippen LogP contribution is 2.22. The van der Waals surface area contributed by atoms with Crippen LogP contribution in [0.15, 0.2) is 28.7 Å². The first kappa shape index (κ1) is 19.5. The zero-order chi connectivity index (χ0) is 19.2. The molecule has 1 aromatic carbocycles. The molecule has 2 N–H and O–H groups in total. The molecule has 1 aliphatic heterocycles. The average molecular weight is 387 g/mol. The van der Waals surface area contributed by atoms with Crippen LogP contribution in [0.4, 0.5) is 0 Å². The molecule has 7 heteroatoms. The molecule has 27 heavy (non-hydrogen) atoms. The number of phenolic OH excluding ortho intramolecular Hbond substituents is 1. The zero-order valence-electron chi connectivity index (χ0n) is 15.9. The highest BCUT2D eigenvalue weighted by atomic mass is 32.1. The van der Waals surface area contributed by atoms with E-state index in [1.807, 2.05) is 31.4 Å². The van der Waals surface area contributed by atoms with Crippen molar-refractivity contribution in [1.29, 1.82) is 0 Å². The van der Waals surface area contributed by atoms with Gasteiger partial charge >= 0.3 is 0 Å². The van der Waals surface area contributed by atoms with Crippen LogP contribution in [0.1, 0.15) is 48.0 Å². The molecule has 144 valence electrons. The third kappa shape index (κ3) is 5.61. The van der Waals surface area contributed by atoms with Crippen LogP contribution in [0.2, 0.25) is 0 Å². The molecule has 6 nitrogen and oxygen atoms in total. The number of phenols is 1. The molecular formula is C20H26N4O2S. The van der Waals surface area contributed by atoms with Crippen molar-refractivity contribution >= 4 is 23.0 Å². The number of thiazole rings is 1. The third-order valence-corrected chi connectivity index (χ3v) is 5.52. The highest BCUT2D eigenvalue weighted by molar-refractivity contribution is 7.09. The van der Waals surface area contributed by atoms with Crippen molar-refractivity contribution in [3.63, 3.8) is 0 Å². The van der Waals surface area contributed by atoms with E-state index in [-0.39, 0.29) is 12.3 Å². The van der Waals surface area contributed by atoms with Crippen LogP contribution in [0.5, 0.6) is 5.75 Å². The van der Waals surface area contributed by atoms with Crippen molar-refractivity contribution in [2.24, 2.45) is 5.10 Å². The van der Waals surface area contributed by atoms with E-state index in [1.54, 1.807) is 6.07 Å². The van der Waals surface area contributed by atoms with Gasteiger partial charge < -0.3 is 5.11 Å². The Morgan fingerprint density at radius 3 is 2.81 bits per heavy atom. The van der Waals surface area contributed by atoms with Crippen molar-refractivity contribution in [2.75, 3.05) is 13.1 Å². The number of carbonyl (C=O) groups excluding carboxylic acids is 1. The van der Waals surface area contributed by atoms with E-state index < -0.39 is 0 Å². The van der Waals surface area contributed by atoms with Gasteiger partial charge in [-0.05, 0) is 63.5 Å². The van der Waals surface area contributed by atoms with Crippen molar-refractivity contribution in [3.8, 4) is 5.75 Å². The normalized spacial score (nSPS) is 15.7. The van der Waals surface area contributed by atoms with Gasteiger partial charge in [-0.25, -0.2) is 10.4 Å². The summed E-state index contributed by atoms with van der Waals surface area (Å²) in [6.07, 6.45) is 3.93. The number of aromatic hydroxyl groups is 1. The predicted octanol–water partition coefficient (Wildman–Crippen LogP) is 3.23. The summed E-state index contributed by atoms with van der Waals surface area (Å²) in [5.74, 6) is 0.118. The van der Waals surface area contributed by atoms with Crippen molar-refractivity contribution in [3.05, 3.63) is 45.4 Å². The Hall–Kier alpha value is -2.25. The predicted molar refractivity (Wildman–Crippen MR) is 108 cm³/mol. The second kappa shape index (κ2) is 9.10. The number of aryl methyl sites for hydroxylation is 1. The number of hydrogen-bond acceptors (Lipinski definition) is 6. The van der Waals surface area contributed by atoms with Crippen LogP contribution in [0.25, 0.3) is 0 Å². The number of aromatic nitrogens is 1. The van der Waals surface area contributed by atoms with Gasteiger partial charge in [0.2, 0.25) is 5.91 Å². The minimum Gasteiger partial charge on any atom is -0.508 e. The lowest BCUT2D eigenvalue weighted by molar-refractivity contribution is -0.120. The van der Waals surface area contributed by atoms with E-state index in [4.69, 9.17) is 0 Å². The lowest BCUT2D eigenvalue weighted by atomic mass is 10.0. The van der Waals surface area contributed by atoms with Crippen LogP contribution < -0.4 is 5.43 Å². The van der Waals surface area contributed by atoms with E-state index in [1.165, 1.54) is 30.6 Å². The molecule has 1 saturated heterocycles. The van der Waals surface area contributed by atoms with E-state index in [0.717, 1.165) is 41.5 Å². The van der Waals surface area contributed by atoms with Crippen LogP contribution in [0, 0.1) is 6.92 Å². The van der Waals surface area contributed by atoms with E-state index in [9.17, 15) is 9.90 Å². The third-order valence-electron chi connectivity index (χ3n) is 4.70. The van der Waals surface area contributed by atoms with Gasteiger partial charge in [0.25, 0.3) is 0 Å². The summed E-state index contributed by atoms with van der Waals surface area (Å²) >= 11 is 1.53. The standard InChI is InChI=1S/C20H26N4O2S/c1-14(22-23-20(26)11-18-13-27-15(2)21-18)16-6-7-19(25)17(10-16)12-24-8-4-3-5-9-24/h6-7,10,13,25H,3-5,8-9,11-12H2,1-2H3,(H,23,26)/b22-14+. The summed E-state index contributed by atoms with van der Waals surface area (Å²) in [5, 5.41) is 17.2. The Morgan fingerprint density at radius 1 is 1.33 bits per heavy atom. The number of nitrogens with one attached hydrogen (secondary N) is 1. The maximum absolute atomic E-state index is 12.0. The van der Waals surface area contributed by atoms with Gasteiger partial charge in [-0.3, -0.25) is 9.69 Å². The number of hydrazone groups is 1. The van der Waals surface area contributed by atoms with Gasteiger partial charge in [0.05, 0.1) is 22.8 Å². The number of likely N-dealkylation sites (tertiary alicyclic amines) is 1. The first-order valence-electron chi connectivity index (χ1n) is 9.30. The first-order valence-corrected chi connectivity index (χ1v) is 10.2. The molecule has 0 unspecified atom stereocenters. The number of hydrogen-bond donors (Lipinski definition) is 2. The lowest BCUT2D eigenvalue weighted by Gasteiger charge is -2.26. The van der Waals surface area contributed by atoms with Gasteiger partial charge in [-0.1, -0.05) is 6.42 Å². The molecule has 1 aromatic heterocycles. The van der Waals surface area contributed by atoms with E-state index in [2.05, 4.69) is 20.4 Å². The molecule has 0 saturated carbocycles. The topological polar surface area (TPSA) is 77.8 Å². The first-order chi connectivity index (χ1) is 13.0. The summed E-state index contributed by atoms with van der Waals surface area (Å²) in [6.45, 7) is 6.65. The second-order valence-electron chi connectivity index (χ2n) is 6.95. The summed E-state index contributed by atoms with van der Waals surface area (Å²) < 4.78 is 0. The highest BCUT2D eigenvalue weighted by Gasteiger charge is 2.13. The molecule has 1 fully saturated rings. The number of nitrogens with zero attached hydrogens (tertiary/aromatic N) is 3. The largest absolute Gasteiger partial charge is 0.508 e. The van der Waals surface area contributed by atoms with Crippen LogP contribution in [0.3, 0.4) is 0 Å². The molecule has 1 amide bonds. The second-order valence-corrected chi connectivity index (χ2v) is 8.01. The summed E-state index contributed by atoms with van der Waals surface area (Å²) in [7, 11) is 0. The molecule has 0 radical (unpaired) electrons. The zero-order valence-corrected chi connectivity index (χ0v) is 16.7. The van der Waals surface area contributed by atoms with E-state index >= 15 is 0 Å². The molecule has 0 spiro atoms. The SMILES string of the molecule is C/C(=N\NC(=O)Cc1csc(C)n1)c1ccc(O)c(CN2CCCCC2)c1. The fraction of sp³-hybridized carbons (Fsp3) is 0.450. The van der Waals surface area contributed by atoms with Crippen molar-refractivity contribution < 1.29 is 9.90 Å². The maximum atomic E-state index is 12.0. The van der Waals surface area contributed by atoms with Crippen molar-refractivity contribution in [2.45, 2.75) is 46.1 Å². The molecule has 0 bridgehead atoms. The Morgan fingerprint density at radius 2 is 2.11 bits per heavy atom. The molecule has 1 aliphatic rings. The Labute approximate surface area is 163 Å². The number of rotatable bonds is 6. The number of benzene rings is 1. The minimum atomic E-state index is -0.188. The van der Waals surface area contributed by atoms with Gasteiger partial charge in [0.15, 0.2) is 0 Å². The van der Waals surface area contributed by atoms with E-state index in [0.29, 0.717) is 11.5 Å². The molecule has 3 rings (SSSR count). The minimum absolute atomic E-state index is 0.188. The Balaban J connectivity index is 1.62. The number of amides is 1.